The van der Waals surface area contributed by atoms with Crippen molar-refractivity contribution in [2.75, 3.05) is 7.05 Å². The van der Waals surface area contributed by atoms with E-state index in [4.69, 9.17) is 0 Å². The summed E-state index contributed by atoms with van der Waals surface area (Å²) < 4.78 is 28.5. The monoisotopic (exact) mass is 265 g/mol. The minimum Gasteiger partial charge on any atom is -0.291 e. The summed E-state index contributed by atoms with van der Waals surface area (Å²) in [6.45, 7) is 0.618. The number of rotatable bonds is 3. The molecule has 0 spiro atoms. The lowest BCUT2D eigenvalue weighted by molar-refractivity contribution is 0.0222. The Morgan fingerprint density at radius 1 is 1.16 bits per heavy atom. The standard InChI is InChI=1S/C16H21F2N/c1-19(12-13-8-4-2-5-9-13)15-11-7-3-6-10-14(15)16(15,17)18/h2,4-5,8-9,14H,3,6-7,10-12H2,1H3. The van der Waals surface area contributed by atoms with Gasteiger partial charge < -0.3 is 0 Å². The van der Waals surface area contributed by atoms with Crippen LogP contribution >= 0.6 is 0 Å². The molecule has 3 rings (SSSR count). The summed E-state index contributed by atoms with van der Waals surface area (Å²) in [5, 5.41) is 0. The second kappa shape index (κ2) is 4.55. The summed E-state index contributed by atoms with van der Waals surface area (Å²) in [5.41, 5.74) is 0.254. The Kier molecular flexibility index (Phi) is 3.12. The number of fused-ring (bicyclic) bond motifs is 1. The van der Waals surface area contributed by atoms with E-state index in [1.807, 2.05) is 42.3 Å². The molecule has 0 N–H and O–H groups in total. The molecule has 19 heavy (non-hydrogen) atoms. The normalized spacial score (nSPS) is 32.7. The van der Waals surface area contributed by atoms with Gasteiger partial charge in [0.15, 0.2) is 0 Å². The van der Waals surface area contributed by atoms with Gasteiger partial charge in [-0.2, -0.15) is 0 Å². The third kappa shape index (κ3) is 1.90. The first-order valence-corrected chi connectivity index (χ1v) is 7.22. The van der Waals surface area contributed by atoms with Gasteiger partial charge in [-0.25, -0.2) is 8.78 Å². The van der Waals surface area contributed by atoms with Gasteiger partial charge in [0.1, 0.15) is 0 Å². The van der Waals surface area contributed by atoms with Gasteiger partial charge in [0.2, 0.25) is 0 Å². The third-order valence-electron chi connectivity index (χ3n) is 5.00. The van der Waals surface area contributed by atoms with Crippen LogP contribution in [0.5, 0.6) is 0 Å². The lowest BCUT2D eigenvalue weighted by Crippen LogP contribution is -2.39. The van der Waals surface area contributed by atoms with E-state index in [0.29, 0.717) is 19.4 Å². The van der Waals surface area contributed by atoms with Crippen molar-refractivity contribution in [2.45, 2.75) is 50.1 Å². The van der Waals surface area contributed by atoms with Crippen LogP contribution in [0.4, 0.5) is 8.78 Å². The van der Waals surface area contributed by atoms with Crippen molar-refractivity contribution < 1.29 is 8.78 Å². The molecule has 0 heterocycles. The van der Waals surface area contributed by atoms with Crippen molar-refractivity contribution in [3.63, 3.8) is 0 Å². The Bertz CT molecular complexity index is 445. The van der Waals surface area contributed by atoms with Crippen LogP contribution < -0.4 is 0 Å². The first kappa shape index (κ1) is 13.0. The molecule has 2 fully saturated rings. The number of nitrogens with zero attached hydrogens (tertiary/aromatic N) is 1. The van der Waals surface area contributed by atoms with E-state index in [-0.39, 0.29) is 0 Å². The van der Waals surface area contributed by atoms with Gasteiger partial charge in [0.05, 0.1) is 5.54 Å². The molecule has 0 aromatic heterocycles. The Labute approximate surface area is 113 Å². The molecule has 1 aromatic carbocycles. The van der Waals surface area contributed by atoms with Crippen LogP contribution in [-0.4, -0.2) is 23.4 Å². The number of alkyl halides is 2. The fourth-order valence-corrected chi connectivity index (χ4v) is 3.91. The second-order valence-electron chi connectivity index (χ2n) is 6.04. The van der Waals surface area contributed by atoms with E-state index >= 15 is 0 Å². The molecule has 0 radical (unpaired) electrons. The summed E-state index contributed by atoms with van der Waals surface area (Å²) in [5.74, 6) is -2.91. The van der Waals surface area contributed by atoms with E-state index < -0.39 is 17.4 Å². The zero-order valence-corrected chi connectivity index (χ0v) is 11.4. The second-order valence-corrected chi connectivity index (χ2v) is 6.04. The highest BCUT2D eigenvalue weighted by atomic mass is 19.3. The van der Waals surface area contributed by atoms with Crippen LogP contribution in [0.25, 0.3) is 0 Å². The highest BCUT2D eigenvalue weighted by Gasteiger charge is 2.81. The summed E-state index contributed by atoms with van der Waals surface area (Å²) in [6, 6.07) is 9.92. The first-order chi connectivity index (χ1) is 9.09. The molecule has 0 saturated heterocycles. The molecule has 2 aliphatic rings. The smallest absolute Gasteiger partial charge is 0.271 e. The predicted molar refractivity (Wildman–Crippen MR) is 72.2 cm³/mol. The molecule has 0 amide bonds. The van der Waals surface area contributed by atoms with Crippen LogP contribution in [0.3, 0.4) is 0 Å². The van der Waals surface area contributed by atoms with Crippen molar-refractivity contribution >= 4 is 0 Å². The van der Waals surface area contributed by atoms with E-state index in [0.717, 1.165) is 24.8 Å². The summed E-state index contributed by atoms with van der Waals surface area (Å²) in [4.78, 5) is 1.92. The molecule has 3 heteroatoms. The summed E-state index contributed by atoms with van der Waals surface area (Å²) >= 11 is 0. The average Bonchev–Trinajstić information content (AvgIpc) is 2.97. The number of benzene rings is 1. The summed E-state index contributed by atoms with van der Waals surface area (Å²) in [7, 11) is 1.87. The largest absolute Gasteiger partial charge is 0.291 e. The molecule has 0 bridgehead atoms. The highest BCUT2D eigenvalue weighted by Crippen LogP contribution is 2.67. The van der Waals surface area contributed by atoms with Gasteiger partial charge >= 0.3 is 0 Å². The van der Waals surface area contributed by atoms with Crippen LogP contribution in [-0.2, 0) is 6.54 Å². The Morgan fingerprint density at radius 3 is 2.63 bits per heavy atom. The molecule has 2 saturated carbocycles. The SMILES string of the molecule is CN(Cc1ccccc1)C12CCCCCC1C2(F)F. The van der Waals surface area contributed by atoms with E-state index in [1.54, 1.807) is 0 Å². The highest BCUT2D eigenvalue weighted by molar-refractivity contribution is 5.27. The molecule has 2 atom stereocenters. The predicted octanol–water partition coefficient (Wildman–Crippen LogP) is 4.09. The van der Waals surface area contributed by atoms with Crippen molar-refractivity contribution in [2.24, 2.45) is 5.92 Å². The van der Waals surface area contributed by atoms with Gasteiger partial charge in [-0.05, 0) is 25.5 Å². The number of hydrogen-bond donors (Lipinski definition) is 0. The maximum absolute atomic E-state index is 14.2. The maximum Gasteiger partial charge on any atom is 0.271 e. The van der Waals surface area contributed by atoms with Crippen LogP contribution in [0.15, 0.2) is 30.3 Å². The van der Waals surface area contributed by atoms with Gasteiger partial charge in [-0.1, -0.05) is 49.6 Å². The zero-order chi connectivity index (χ0) is 13.5. The molecular weight excluding hydrogens is 244 g/mol. The third-order valence-corrected chi connectivity index (χ3v) is 5.00. The zero-order valence-electron chi connectivity index (χ0n) is 11.4. The van der Waals surface area contributed by atoms with Crippen molar-refractivity contribution in [1.29, 1.82) is 0 Å². The van der Waals surface area contributed by atoms with Crippen LogP contribution in [0.1, 0.15) is 37.7 Å². The quantitative estimate of drug-likeness (QED) is 0.795. The topological polar surface area (TPSA) is 3.24 Å². The summed E-state index contributed by atoms with van der Waals surface area (Å²) in [6.07, 6.45) is 4.33. The minimum absolute atomic E-state index is 0.420. The molecule has 1 aromatic rings. The van der Waals surface area contributed by atoms with E-state index in [2.05, 4.69) is 0 Å². The molecule has 1 nitrogen and oxygen atoms in total. The van der Waals surface area contributed by atoms with Crippen LogP contribution in [0, 0.1) is 5.92 Å². The fraction of sp³-hybridized carbons (Fsp3) is 0.625. The fourth-order valence-electron chi connectivity index (χ4n) is 3.91. The van der Waals surface area contributed by atoms with Crippen molar-refractivity contribution in [1.82, 2.24) is 4.90 Å². The Balaban J connectivity index is 1.80. The van der Waals surface area contributed by atoms with E-state index in [9.17, 15) is 8.78 Å². The van der Waals surface area contributed by atoms with Crippen molar-refractivity contribution in [3.8, 4) is 0 Å². The van der Waals surface area contributed by atoms with E-state index in [1.165, 1.54) is 0 Å². The van der Waals surface area contributed by atoms with Crippen LogP contribution in [0.2, 0.25) is 0 Å². The van der Waals surface area contributed by atoms with Gasteiger partial charge in [-0.3, -0.25) is 4.90 Å². The molecule has 2 aliphatic carbocycles. The Morgan fingerprint density at radius 2 is 1.89 bits per heavy atom. The van der Waals surface area contributed by atoms with Gasteiger partial charge in [0.25, 0.3) is 5.92 Å². The van der Waals surface area contributed by atoms with Crippen molar-refractivity contribution in [3.05, 3.63) is 35.9 Å². The lowest BCUT2D eigenvalue weighted by Gasteiger charge is -2.28. The van der Waals surface area contributed by atoms with Gasteiger partial charge in [-0.15, -0.1) is 0 Å². The lowest BCUT2D eigenvalue weighted by atomic mass is 10.0. The maximum atomic E-state index is 14.2. The average molecular weight is 265 g/mol. The minimum atomic E-state index is -2.49. The molecular formula is C16H21F2N. The first-order valence-electron chi connectivity index (χ1n) is 7.22. The number of hydrogen-bond acceptors (Lipinski definition) is 1. The van der Waals surface area contributed by atoms with Gasteiger partial charge in [0, 0.05) is 12.5 Å². The Hall–Kier alpha value is -0.960. The molecule has 2 unspecified atom stereocenters. The molecule has 104 valence electrons. The number of halogens is 2. The molecule has 0 aliphatic heterocycles.